The first-order valence-electron chi connectivity index (χ1n) is 5.51. The Labute approximate surface area is 97.5 Å². The van der Waals surface area contributed by atoms with E-state index >= 15 is 0 Å². The molecule has 90 valence electrons. The highest BCUT2D eigenvalue weighted by atomic mass is 16.5. The van der Waals surface area contributed by atoms with E-state index in [0.717, 1.165) is 6.54 Å². The molecule has 0 aromatic carbocycles. The molecule has 0 aliphatic rings. The van der Waals surface area contributed by atoms with Crippen LogP contribution in [-0.4, -0.2) is 37.1 Å². The summed E-state index contributed by atoms with van der Waals surface area (Å²) >= 11 is 0. The number of rotatable bonds is 7. The second kappa shape index (κ2) is 7.89. The van der Waals surface area contributed by atoms with Crippen molar-refractivity contribution < 1.29 is 9.53 Å². The van der Waals surface area contributed by atoms with Gasteiger partial charge in [0.05, 0.1) is 18.6 Å². The first kappa shape index (κ1) is 14.7. The molecule has 0 heterocycles. The summed E-state index contributed by atoms with van der Waals surface area (Å²) in [4.78, 5) is 13.3. The number of hydrogen-bond acceptors (Lipinski definition) is 4. The van der Waals surface area contributed by atoms with Crippen LogP contribution in [0, 0.1) is 17.2 Å². The van der Waals surface area contributed by atoms with Crippen molar-refractivity contribution >= 4 is 5.97 Å². The molecule has 0 aromatic heterocycles. The second-order valence-electron chi connectivity index (χ2n) is 3.68. The molecule has 1 atom stereocenters. The van der Waals surface area contributed by atoms with Crippen LogP contribution in [-0.2, 0) is 9.53 Å². The van der Waals surface area contributed by atoms with Crippen molar-refractivity contribution in [3.63, 3.8) is 0 Å². The second-order valence-corrected chi connectivity index (χ2v) is 3.68. The van der Waals surface area contributed by atoms with Gasteiger partial charge in [-0.1, -0.05) is 13.5 Å². The standard InChI is InChI=1S/C12H20N2O2/c1-5-14(8-10(3)7-13)9-11(4)12(15)16-6-2/h10H,4-6,8-9H2,1-3H3. The van der Waals surface area contributed by atoms with Crippen molar-refractivity contribution in [3.05, 3.63) is 12.2 Å². The molecule has 0 bridgehead atoms. The number of hydrogen-bond donors (Lipinski definition) is 0. The Bertz CT molecular complexity index is 281. The summed E-state index contributed by atoms with van der Waals surface area (Å²) in [5, 5.41) is 8.72. The molecule has 4 heteroatoms. The summed E-state index contributed by atoms with van der Waals surface area (Å²) in [6.45, 7) is 11.6. The van der Waals surface area contributed by atoms with Gasteiger partial charge in [-0.2, -0.15) is 5.26 Å². The van der Waals surface area contributed by atoms with Gasteiger partial charge in [0.1, 0.15) is 0 Å². The van der Waals surface area contributed by atoms with Gasteiger partial charge in [0.2, 0.25) is 0 Å². The Morgan fingerprint density at radius 2 is 2.19 bits per heavy atom. The van der Waals surface area contributed by atoms with Crippen molar-refractivity contribution in [1.82, 2.24) is 4.90 Å². The van der Waals surface area contributed by atoms with Gasteiger partial charge in [-0.3, -0.25) is 4.90 Å². The van der Waals surface area contributed by atoms with E-state index in [0.29, 0.717) is 25.3 Å². The summed E-state index contributed by atoms with van der Waals surface area (Å²) in [6.07, 6.45) is 0. The first-order chi connectivity index (χ1) is 7.54. The van der Waals surface area contributed by atoms with Crippen LogP contribution in [0.3, 0.4) is 0 Å². The van der Waals surface area contributed by atoms with Crippen LogP contribution >= 0.6 is 0 Å². The van der Waals surface area contributed by atoms with Crippen LogP contribution in [0.1, 0.15) is 20.8 Å². The molecular formula is C12H20N2O2. The fourth-order valence-electron chi connectivity index (χ4n) is 1.30. The maximum atomic E-state index is 11.3. The molecule has 0 fully saturated rings. The number of carbonyl (C=O) groups excluding carboxylic acids is 1. The monoisotopic (exact) mass is 224 g/mol. The molecule has 0 radical (unpaired) electrons. The number of esters is 1. The van der Waals surface area contributed by atoms with Crippen LogP contribution < -0.4 is 0 Å². The average Bonchev–Trinajstić information content (AvgIpc) is 2.27. The maximum Gasteiger partial charge on any atom is 0.334 e. The Hall–Kier alpha value is -1.34. The van der Waals surface area contributed by atoms with Gasteiger partial charge in [0, 0.05) is 18.7 Å². The van der Waals surface area contributed by atoms with Gasteiger partial charge in [-0.15, -0.1) is 0 Å². The summed E-state index contributed by atoms with van der Waals surface area (Å²) in [5.74, 6) is -0.402. The zero-order valence-electron chi connectivity index (χ0n) is 10.3. The average molecular weight is 224 g/mol. The minimum absolute atomic E-state index is 0.0463. The van der Waals surface area contributed by atoms with E-state index in [9.17, 15) is 4.79 Å². The van der Waals surface area contributed by atoms with E-state index < -0.39 is 0 Å². The first-order valence-corrected chi connectivity index (χ1v) is 5.51. The zero-order valence-corrected chi connectivity index (χ0v) is 10.3. The van der Waals surface area contributed by atoms with Crippen LogP contribution in [0.4, 0.5) is 0 Å². The number of nitrogens with zero attached hydrogens (tertiary/aromatic N) is 2. The van der Waals surface area contributed by atoms with Crippen molar-refractivity contribution in [2.24, 2.45) is 5.92 Å². The number of likely N-dealkylation sites (N-methyl/N-ethyl adjacent to an activating group) is 1. The molecule has 0 aliphatic heterocycles. The topological polar surface area (TPSA) is 53.3 Å². The van der Waals surface area contributed by atoms with Crippen LogP contribution in [0.5, 0.6) is 0 Å². The van der Waals surface area contributed by atoms with E-state index in [1.54, 1.807) is 6.92 Å². The number of carbonyl (C=O) groups is 1. The fourth-order valence-corrected chi connectivity index (χ4v) is 1.30. The summed E-state index contributed by atoms with van der Waals surface area (Å²) < 4.78 is 4.85. The molecule has 0 N–H and O–H groups in total. The smallest absolute Gasteiger partial charge is 0.334 e. The Morgan fingerprint density at radius 1 is 1.56 bits per heavy atom. The van der Waals surface area contributed by atoms with E-state index in [1.165, 1.54) is 0 Å². The molecule has 0 amide bonds. The number of nitriles is 1. The molecule has 0 aromatic rings. The van der Waals surface area contributed by atoms with Crippen molar-refractivity contribution in [2.45, 2.75) is 20.8 Å². The van der Waals surface area contributed by atoms with Crippen molar-refractivity contribution in [2.75, 3.05) is 26.2 Å². The summed E-state index contributed by atoms with van der Waals surface area (Å²) in [6, 6.07) is 2.17. The minimum Gasteiger partial charge on any atom is -0.463 e. The molecule has 0 aliphatic carbocycles. The quantitative estimate of drug-likeness (QED) is 0.487. The molecule has 0 saturated heterocycles. The Balaban J connectivity index is 4.17. The largest absolute Gasteiger partial charge is 0.463 e. The molecule has 16 heavy (non-hydrogen) atoms. The summed E-state index contributed by atoms with van der Waals surface area (Å²) in [5.41, 5.74) is 0.439. The van der Waals surface area contributed by atoms with Crippen LogP contribution in [0.25, 0.3) is 0 Å². The molecule has 0 rings (SSSR count). The molecule has 4 nitrogen and oxygen atoms in total. The van der Waals surface area contributed by atoms with E-state index in [2.05, 4.69) is 12.6 Å². The fraction of sp³-hybridized carbons (Fsp3) is 0.667. The van der Waals surface area contributed by atoms with E-state index in [1.807, 2.05) is 18.7 Å². The highest BCUT2D eigenvalue weighted by molar-refractivity contribution is 5.88. The van der Waals surface area contributed by atoms with E-state index in [4.69, 9.17) is 10.00 Å². The molecular weight excluding hydrogens is 204 g/mol. The third-order valence-corrected chi connectivity index (χ3v) is 2.18. The van der Waals surface area contributed by atoms with Gasteiger partial charge in [-0.25, -0.2) is 4.79 Å². The molecule has 0 spiro atoms. The highest BCUT2D eigenvalue weighted by Gasteiger charge is 2.14. The maximum absolute atomic E-state index is 11.3. The van der Waals surface area contributed by atoms with Gasteiger partial charge < -0.3 is 4.74 Å². The lowest BCUT2D eigenvalue weighted by Gasteiger charge is -2.21. The summed E-state index contributed by atoms with van der Waals surface area (Å²) in [7, 11) is 0. The van der Waals surface area contributed by atoms with Crippen molar-refractivity contribution in [1.29, 1.82) is 5.26 Å². The van der Waals surface area contributed by atoms with Gasteiger partial charge >= 0.3 is 5.97 Å². The normalized spacial score (nSPS) is 11.9. The predicted molar refractivity (Wildman–Crippen MR) is 62.7 cm³/mol. The lowest BCUT2D eigenvalue weighted by atomic mass is 10.2. The van der Waals surface area contributed by atoms with Crippen LogP contribution in [0.2, 0.25) is 0 Å². The number of ether oxygens (including phenoxy) is 1. The van der Waals surface area contributed by atoms with E-state index in [-0.39, 0.29) is 11.9 Å². The molecule has 0 saturated carbocycles. The lowest BCUT2D eigenvalue weighted by Crippen LogP contribution is -2.31. The highest BCUT2D eigenvalue weighted by Crippen LogP contribution is 2.03. The minimum atomic E-state index is -0.356. The predicted octanol–water partition coefficient (Wildman–Crippen LogP) is 1.59. The lowest BCUT2D eigenvalue weighted by molar-refractivity contribution is -0.138. The van der Waals surface area contributed by atoms with Crippen LogP contribution in [0.15, 0.2) is 12.2 Å². The van der Waals surface area contributed by atoms with Gasteiger partial charge in [0.25, 0.3) is 0 Å². The zero-order chi connectivity index (χ0) is 12.6. The third-order valence-electron chi connectivity index (χ3n) is 2.18. The van der Waals surface area contributed by atoms with Gasteiger partial charge in [-0.05, 0) is 20.4 Å². The van der Waals surface area contributed by atoms with Gasteiger partial charge in [0.15, 0.2) is 0 Å². The van der Waals surface area contributed by atoms with Crippen molar-refractivity contribution in [3.8, 4) is 6.07 Å². The Kier molecular flexibility index (Phi) is 7.23. The SMILES string of the molecule is C=C(CN(CC)CC(C)C#N)C(=O)OCC. The molecule has 1 unspecified atom stereocenters. The third kappa shape index (κ3) is 5.52. The Morgan fingerprint density at radius 3 is 2.62 bits per heavy atom.